The summed E-state index contributed by atoms with van der Waals surface area (Å²) >= 11 is 0. The van der Waals surface area contributed by atoms with Gasteiger partial charge in [-0.3, -0.25) is 4.79 Å². The molecule has 1 unspecified atom stereocenters. The van der Waals surface area contributed by atoms with Crippen molar-refractivity contribution in [3.8, 4) is 11.5 Å². The Balaban J connectivity index is 1.69. The summed E-state index contributed by atoms with van der Waals surface area (Å²) in [5, 5.41) is 15.8. The van der Waals surface area contributed by atoms with Gasteiger partial charge in [-0.15, -0.1) is 0 Å². The third kappa shape index (κ3) is 3.95. The van der Waals surface area contributed by atoms with Crippen molar-refractivity contribution < 1.29 is 14.6 Å². The van der Waals surface area contributed by atoms with Gasteiger partial charge in [-0.2, -0.15) is 5.10 Å². The molecule has 3 rings (SSSR count). The molecule has 5 heteroatoms. The van der Waals surface area contributed by atoms with Crippen LogP contribution in [-0.2, 0) is 4.79 Å². The maximum atomic E-state index is 12.1. The summed E-state index contributed by atoms with van der Waals surface area (Å²) in [5.41, 5.74) is 2.99. The number of hydrazone groups is 1. The van der Waals surface area contributed by atoms with E-state index in [1.807, 2.05) is 48.5 Å². The van der Waals surface area contributed by atoms with Crippen LogP contribution in [0.15, 0.2) is 71.8 Å². The number of rotatable bonds is 5. The molecule has 0 saturated carbocycles. The van der Waals surface area contributed by atoms with Crippen LogP contribution < -0.4 is 10.2 Å². The summed E-state index contributed by atoms with van der Waals surface area (Å²) in [5.74, 6) is 0.339. The number of phenolic OH excluding ortho intramolecular Hbond substituents is 1. The number of para-hydroxylation sites is 1. The molecule has 5 nitrogen and oxygen atoms in total. The highest BCUT2D eigenvalue weighted by molar-refractivity contribution is 6.02. The Bertz CT molecular complexity index is 907. The maximum absolute atomic E-state index is 12.1. The first kappa shape index (κ1) is 16.5. The van der Waals surface area contributed by atoms with Crippen molar-refractivity contribution in [1.29, 1.82) is 0 Å². The van der Waals surface area contributed by atoms with Gasteiger partial charge >= 0.3 is 0 Å². The molecule has 0 fully saturated rings. The molecule has 1 amide bonds. The molecular formula is C20H18N2O3. The van der Waals surface area contributed by atoms with Crippen molar-refractivity contribution in [2.45, 2.75) is 13.0 Å². The number of aromatic hydroxyl groups is 1. The van der Waals surface area contributed by atoms with Crippen LogP contribution in [0.3, 0.4) is 0 Å². The third-order valence-electron chi connectivity index (χ3n) is 3.74. The van der Waals surface area contributed by atoms with Crippen molar-refractivity contribution >= 4 is 22.9 Å². The lowest BCUT2D eigenvalue weighted by Gasteiger charge is -2.12. The second-order valence-corrected chi connectivity index (χ2v) is 5.53. The molecule has 3 aromatic rings. The average Bonchev–Trinajstić information content (AvgIpc) is 2.64. The summed E-state index contributed by atoms with van der Waals surface area (Å²) in [6.45, 7) is 1.65. The Morgan fingerprint density at radius 1 is 1.08 bits per heavy atom. The zero-order valence-electron chi connectivity index (χ0n) is 13.7. The number of benzene rings is 3. The number of amides is 1. The SMILES string of the molecule is CC(Oc1ccccc1)C(=O)NN=Cc1c(O)ccc2ccccc12. The zero-order chi connectivity index (χ0) is 17.6. The molecule has 0 aliphatic heterocycles. The first-order chi connectivity index (χ1) is 12.1. The summed E-state index contributed by atoms with van der Waals surface area (Å²) in [6, 6.07) is 20.2. The quantitative estimate of drug-likeness (QED) is 0.554. The fourth-order valence-electron chi connectivity index (χ4n) is 2.43. The van der Waals surface area contributed by atoms with Gasteiger partial charge in [0.1, 0.15) is 11.5 Å². The first-order valence-corrected chi connectivity index (χ1v) is 7.90. The Labute approximate surface area is 145 Å². The van der Waals surface area contributed by atoms with E-state index in [4.69, 9.17) is 4.74 Å². The van der Waals surface area contributed by atoms with Gasteiger partial charge in [-0.25, -0.2) is 5.43 Å². The highest BCUT2D eigenvalue weighted by Gasteiger charge is 2.13. The van der Waals surface area contributed by atoms with E-state index in [-0.39, 0.29) is 11.7 Å². The van der Waals surface area contributed by atoms with Crippen LogP contribution in [0.5, 0.6) is 11.5 Å². The van der Waals surface area contributed by atoms with Crippen molar-refractivity contribution in [3.63, 3.8) is 0 Å². The van der Waals surface area contributed by atoms with E-state index in [1.54, 1.807) is 25.1 Å². The number of carbonyl (C=O) groups is 1. The molecule has 0 aliphatic rings. The fraction of sp³-hybridized carbons (Fsp3) is 0.100. The normalized spacial score (nSPS) is 12.2. The summed E-state index contributed by atoms with van der Waals surface area (Å²) in [6.07, 6.45) is 0.741. The zero-order valence-corrected chi connectivity index (χ0v) is 13.7. The lowest BCUT2D eigenvalue weighted by Crippen LogP contribution is -2.33. The molecular weight excluding hydrogens is 316 g/mol. The van der Waals surface area contributed by atoms with Crippen molar-refractivity contribution in [3.05, 3.63) is 72.3 Å². The molecule has 0 heterocycles. The monoisotopic (exact) mass is 334 g/mol. The smallest absolute Gasteiger partial charge is 0.280 e. The number of ether oxygens (including phenoxy) is 1. The van der Waals surface area contributed by atoms with Crippen molar-refractivity contribution in [2.24, 2.45) is 5.10 Å². The number of hydrogen-bond donors (Lipinski definition) is 2. The van der Waals surface area contributed by atoms with Gasteiger partial charge in [0.25, 0.3) is 5.91 Å². The predicted molar refractivity (Wildman–Crippen MR) is 97.9 cm³/mol. The molecule has 0 aromatic heterocycles. The average molecular weight is 334 g/mol. The topological polar surface area (TPSA) is 70.9 Å². The van der Waals surface area contributed by atoms with E-state index in [0.29, 0.717) is 11.3 Å². The van der Waals surface area contributed by atoms with E-state index in [9.17, 15) is 9.90 Å². The summed E-state index contributed by atoms with van der Waals surface area (Å²) < 4.78 is 5.54. The van der Waals surface area contributed by atoms with E-state index >= 15 is 0 Å². The largest absolute Gasteiger partial charge is 0.507 e. The second kappa shape index (κ2) is 7.49. The Morgan fingerprint density at radius 3 is 2.60 bits per heavy atom. The molecule has 1 atom stereocenters. The second-order valence-electron chi connectivity index (χ2n) is 5.53. The van der Waals surface area contributed by atoms with Crippen LogP contribution in [-0.4, -0.2) is 23.3 Å². The van der Waals surface area contributed by atoms with Crippen molar-refractivity contribution in [2.75, 3.05) is 0 Å². The predicted octanol–water partition coefficient (Wildman–Crippen LogP) is 3.46. The number of phenols is 1. The van der Waals surface area contributed by atoms with E-state index in [0.717, 1.165) is 10.8 Å². The van der Waals surface area contributed by atoms with Crippen LogP contribution in [0.1, 0.15) is 12.5 Å². The molecule has 0 bridgehead atoms. The van der Waals surface area contributed by atoms with Gasteiger partial charge in [0.05, 0.1) is 6.21 Å². The molecule has 25 heavy (non-hydrogen) atoms. The van der Waals surface area contributed by atoms with Gasteiger partial charge in [-0.1, -0.05) is 48.5 Å². The molecule has 0 spiro atoms. The van der Waals surface area contributed by atoms with Gasteiger partial charge < -0.3 is 9.84 Å². The Morgan fingerprint density at radius 2 is 1.80 bits per heavy atom. The van der Waals surface area contributed by atoms with E-state index in [1.165, 1.54) is 6.21 Å². The number of nitrogens with one attached hydrogen (secondary N) is 1. The van der Waals surface area contributed by atoms with Crippen LogP contribution in [0.4, 0.5) is 0 Å². The highest BCUT2D eigenvalue weighted by Crippen LogP contribution is 2.25. The first-order valence-electron chi connectivity index (χ1n) is 7.90. The van der Waals surface area contributed by atoms with Gasteiger partial charge in [0.15, 0.2) is 6.10 Å². The lowest BCUT2D eigenvalue weighted by molar-refractivity contribution is -0.127. The van der Waals surface area contributed by atoms with Gasteiger partial charge in [0, 0.05) is 5.56 Å². The van der Waals surface area contributed by atoms with Crippen LogP contribution in [0.25, 0.3) is 10.8 Å². The lowest BCUT2D eigenvalue weighted by atomic mass is 10.0. The number of hydrogen-bond acceptors (Lipinski definition) is 4. The standard InChI is InChI=1S/C20H18N2O3/c1-14(25-16-8-3-2-4-9-16)20(24)22-21-13-18-17-10-6-5-7-15(17)11-12-19(18)23/h2-14,23H,1H3,(H,22,24). The minimum Gasteiger partial charge on any atom is -0.507 e. The van der Waals surface area contributed by atoms with Gasteiger partial charge in [-0.05, 0) is 35.9 Å². The number of fused-ring (bicyclic) bond motifs is 1. The van der Waals surface area contributed by atoms with E-state index in [2.05, 4.69) is 10.5 Å². The minimum absolute atomic E-state index is 0.102. The molecule has 0 saturated heterocycles. The number of carbonyl (C=O) groups excluding carboxylic acids is 1. The maximum Gasteiger partial charge on any atom is 0.280 e. The fourth-order valence-corrected chi connectivity index (χ4v) is 2.43. The highest BCUT2D eigenvalue weighted by atomic mass is 16.5. The van der Waals surface area contributed by atoms with Crippen molar-refractivity contribution in [1.82, 2.24) is 5.43 Å². The molecule has 126 valence electrons. The third-order valence-corrected chi connectivity index (χ3v) is 3.74. The molecule has 2 N–H and O–H groups in total. The molecule has 0 aliphatic carbocycles. The molecule has 0 radical (unpaired) electrons. The molecule has 3 aromatic carbocycles. The van der Waals surface area contributed by atoms with Crippen LogP contribution in [0.2, 0.25) is 0 Å². The Kier molecular flexibility index (Phi) is 4.95. The van der Waals surface area contributed by atoms with E-state index < -0.39 is 6.10 Å². The van der Waals surface area contributed by atoms with Crippen LogP contribution >= 0.6 is 0 Å². The number of nitrogens with zero attached hydrogens (tertiary/aromatic N) is 1. The minimum atomic E-state index is -0.694. The van der Waals surface area contributed by atoms with Crippen LogP contribution in [0, 0.1) is 0 Å². The Hall–Kier alpha value is -3.34. The summed E-state index contributed by atoms with van der Waals surface area (Å²) in [4.78, 5) is 12.1. The summed E-state index contributed by atoms with van der Waals surface area (Å²) in [7, 11) is 0. The van der Waals surface area contributed by atoms with Gasteiger partial charge in [0.2, 0.25) is 0 Å².